The number of hydrogen-bond acceptors (Lipinski definition) is 6. The number of aryl methyl sites for hydroxylation is 1. The highest BCUT2D eigenvalue weighted by atomic mass is 19.1. The second-order valence-electron chi connectivity index (χ2n) is 7.80. The summed E-state index contributed by atoms with van der Waals surface area (Å²) in [5.41, 5.74) is -0.192. The molecule has 150 valence electrons. The van der Waals surface area contributed by atoms with E-state index in [0.29, 0.717) is 12.2 Å². The first-order valence-corrected chi connectivity index (χ1v) is 9.40. The fraction of sp³-hybridized carbons (Fsp3) is 0.526. The molecule has 2 aliphatic rings. The molecule has 0 aromatic carbocycles. The lowest BCUT2D eigenvalue weighted by molar-refractivity contribution is 0.144. The first-order chi connectivity index (χ1) is 13.3. The monoisotopic (exact) mass is 390 g/mol. The summed E-state index contributed by atoms with van der Waals surface area (Å²) in [4.78, 5) is 32.1. The third-order valence-corrected chi connectivity index (χ3v) is 5.86. The van der Waals surface area contributed by atoms with Crippen molar-refractivity contribution in [3.05, 3.63) is 28.3 Å². The SMILES string of the molecule is CCn1cc(OC(=O)O)c(=O)c2cc(F)c(N3CCC4(CCN(C)C4)C3)nc21. The lowest BCUT2D eigenvalue weighted by Gasteiger charge is -2.25. The van der Waals surface area contributed by atoms with Gasteiger partial charge in [-0.2, -0.15) is 0 Å². The van der Waals surface area contributed by atoms with Gasteiger partial charge in [0.25, 0.3) is 0 Å². The number of likely N-dealkylation sites (tertiary alicyclic amines) is 1. The minimum absolute atomic E-state index is 0.0105. The number of fused-ring (bicyclic) bond motifs is 1. The zero-order chi connectivity index (χ0) is 20.1. The fourth-order valence-corrected chi connectivity index (χ4v) is 4.49. The van der Waals surface area contributed by atoms with Crippen LogP contribution in [0.15, 0.2) is 17.1 Å². The van der Waals surface area contributed by atoms with Gasteiger partial charge < -0.3 is 24.2 Å². The summed E-state index contributed by atoms with van der Waals surface area (Å²) in [5.74, 6) is -0.694. The number of pyridine rings is 2. The van der Waals surface area contributed by atoms with Crippen LogP contribution in [0.3, 0.4) is 0 Å². The number of carboxylic acid groups (broad SMARTS) is 1. The van der Waals surface area contributed by atoms with Gasteiger partial charge >= 0.3 is 6.16 Å². The molecule has 1 atom stereocenters. The van der Waals surface area contributed by atoms with Crippen LogP contribution in [0, 0.1) is 11.2 Å². The normalized spacial score (nSPS) is 22.5. The average molecular weight is 390 g/mol. The molecule has 0 bridgehead atoms. The van der Waals surface area contributed by atoms with Crippen molar-refractivity contribution in [1.29, 1.82) is 0 Å². The summed E-state index contributed by atoms with van der Waals surface area (Å²) < 4.78 is 21.1. The molecule has 2 aromatic heterocycles. The van der Waals surface area contributed by atoms with Crippen molar-refractivity contribution in [2.24, 2.45) is 5.41 Å². The van der Waals surface area contributed by atoms with Crippen LogP contribution in [-0.2, 0) is 6.54 Å². The molecule has 4 heterocycles. The highest BCUT2D eigenvalue weighted by Crippen LogP contribution is 2.40. The van der Waals surface area contributed by atoms with Crippen molar-refractivity contribution in [3.63, 3.8) is 0 Å². The highest BCUT2D eigenvalue weighted by Gasteiger charge is 2.43. The number of hydrogen-bond donors (Lipinski definition) is 1. The van der Waals surface area contributed by atoms with Crippen molar-refractivity contribution >= 4 is 23.0 Å². The third kappa shape index (κ3) is 3.09. The van der Waals surface area contributed by atoms with Crippen molar-refractivity contribution in [1.82, 2.24) is 14.5 Å². The molecule has 8 nitrogen and oxygen atoms in total. The fourth-order valence-electron chi connectivity index (χ4n) is 4.49. The Hall–Kier alpha value is -2.68. The highest BCUT2D eigenvalue weighted by molar-refractivity contribution is 5.79. The van der Waals surface area contributed by atoms with Crippen molar-refractivity contribution in [2.75, 3.05) is 38.1 Å². The predicted molar refractivity (Wildman–Crippen MR) is 102 cm³/mol. The van der Waals surface area contributed by atoms with E-state index in [4.69, 9.17) is 5.11 Å². The van der Waals surface area contributed by atoms with E-state index in [2.05, 4.69) is 21.7 Å². The lowest BCUT2D eigenvalue weighted by atomic mass is 9.86. The summed E-state index contributed by atoms with van der Waals surface area (Å²) in [7, 11) is 2.10. The quantitative estimate of drug-likeness (QED) is 0.804. The van der Waals surface area contributed by atoms with E-state index in [0.717, 1.165) is 45.1 Å². The van der Waals surface area contributed by atoms with Gasteiger partial charge in [-0.25, -0.2) is 14.2 Å². The molecular weight excluding hydrogens is 367 g/mol. The molecule has 2 aliphatic heterocycles. The minimum atomic E-state index is -1.59. The van der Waals surface area contributed by atoms with Gasteiger partial charge in [0.1, 0.15) is 5.65 Å². The van der Waals surface area contributed by atoms with Gasteiger partial charge in [-0.05, 0) is 39.4 Å². The minimum Gasteiger partial charge on any atom is -0.449 e. The molecule has 1 N–H and O–H groups in total. The van der Waals surface area contributed by atoms with Gasteiger partial charge in [-0.1, -0.05) is 0 Å². The Morgan fingerprint density at radius 2 is 2.11 bits per heavy atom. The van der Waals surface area contributed by atoms with Gasteiger partial charge in [-0.3, -0.25) is 4.79 Å². The first-order valence-electron chi connectivity index (χ1n) is 9.40. The average Bonchev–Trinajstić information content (AvgIpc) is 3.22. The molecule has 1 unspecified atom stereocenters. The summed E-state index contributed by atoms with van der Waals surface area (Å²) in [5, 5.41) is 8.83. The summed E-state index contributed by atoms with van der Waals surface area (Å²) >= 11 is 0. The van der Waals surface area contributed by atoms with Crippen molar-refractivity contribution in [3.8, 4) is 5.75 Å². The Labute approximate surface area is 161 Å². The van der Waals surface area contributed by atoms with Gasteiger partial charge in [0.2, 0.25) is 5.43 Å². The Morgan fingerprint density at radius 1 is 1.36 bits per heavy atom. The largest absolute Gasteiger partial charge is 0.511 e. The van der Waals surface area contributed by atoms with E-state index in [1.54, 1.807) is 4.57 Å². The van der Waals surface area contributed by atoms with E-state index >= 15 is 0 Å². The van der Waals surface area contributed by atoms with Crippen LogP contribution < -0.4 is 15.1 Å². The van der Waals surface area contributed by atoms with Crippen molar-refractivity contribution < 1.29 is 19.0 Å². The molecule has 0 radical (unpaired) electrons. The predicted octanol–water partition coefficient (Wildman–Crippen LogP) is 2.14. The lowest BCUT2D eigenvalue weighted by Crippen LogP contribution is -2.30. The van der Waals surface area contributed by atoms with Crippen LogP contribution in [0.2, 0.25) is 0 Å². The van der Waals surface area contributed by atoms with Crippen LogP contribution in [0.5, 0.6) is 5.75 Å². The number of nitrogens with zero attached hydrogens (tertiary/aromatic N) is 4. The van der Waals surface area contributed by atoms with Crippen molar-refractivity contribution in [2.45, 2.75) is 26.3 Å². The molecule has 2 aromatic rings. The number of rotatable bonds is 3. The molecule has 0 saturated carbocycles. The number of anilines is 1. The number of halogens is 1. The molecule has 28 heavy (non-hydrogen) atoms. The Balaban J connectivity index is 1.76. The molecule has 2 saturated heterocycles. The van der Waals surface area contributed by atoms with E-state index in [1.165, 1.54) is 6.20 Å². The Morgan fingerprint density at radius 3 is 2.75 bits per heavy atom. The second kappa shape index (κ2) is 6.73. The third-order valence-electron chi connectivity index (χ3n) is 5.86. The number of aromatic nitrogens is 2. The van der Waals surface area contributed by atoms with Crippen LogP contribution in [-0.4, -0.2) is 58.9 Å². The van der Waals surface area contributed by atoms with Crippen LogP contribution in [0.1, 0.15) is 19.8 Å². The van der Waals surface area contributed by atoms with Crippen LogP contribution >= 0.6 is 0 Å². The number of ether oxygens (including phenoxy) is 1. The van der Waals surface area contributed by atoms with E-state index in [-0.39, 0.29) is 22.4 Å². The smallest absolute Gasteiger partial charge is 0.449 e. The van der Waals surface area contributed by atoms with Crippen LogP contribution in [0.4, 0.5) is 15.0 Å². The van der Waals surface area contributed by atoms with E-state index in [9.17, 15) is 14.0 Å². The molecule has 2 fully saturated rings. The Bertz CT molecular complexity index is 1010. The summed E-state index contributed by atoms with van der Waals surface area (Å²) in [6.07, 6.45) is 1.80. The zero-order valence-electron chi connectivity index (χ0n) is 15.9. The standard InChI is InChI=1S/C19H23FN4O4/c1-3-23-9-14(28-18(26)27)15(25)12-8-13(20)17(21-16(12)23)24-7-5-19(11-24)4-6-22(2)10-19/h8-9H,3-7,10-11H2,1-2H3,(H,26,27). The van der Waals surface area contributed by atoms with E-state index in [1.807, 2.05) is 11.8 Å². The molecule has 0 aliphatic carbocycles. The Kier molecular flexibility index (Phi) is 4.49. The molecule has 1 spiro atoms. The summed E-state index contributed by atoms with van der Waals surface area (Å²) in [6.45, 7) is 5.76. The van der Waals surface area contributed by atoms with Gasteiger partial charge in [-0.15, -0.1) is 0 Å². The first kappa shape index (κ1) is 18.7. The molecule has 4 rings (SSSR count). The maximum absolute atomic E-state index is 14.9. The maximum Gasteiger partial charge on any atom is 0.511 e. The topological polar surface area (TPSA) is 87.9 Å². The maximum atomic E-state index is 14.9. The van der Waals surface area contributed by atoms with Crippen LogP contribution in [0.25, 0.3) is 11.0 Å². The molecule has 9 heteroatoms. The second-order valence-corrected chi connectivity index (χ2v) is 7.80. The summed E-state index contributed by atoms with van der Waals surface area (Å²) in [6, 6.07) is 1.15. The van der Waals surface area contributed by atoms with Gasteiger partial charge in [0, 0.05) is 31.6 Å². The number of carbonyl (C=O) groups is 1. The van der Waals surface area contributed by atoms with Gasteiger partial charge in [0.15, 0.2) is 17.4 Å². The molecule has 0 amide bonds. The zero-order valence-corrected chi connectivity index (χ0v) is 15.9. The van der Waals surface area contributed by atoms with E-state index < -0.39 is 17.4 Å². The van der Waals surface area contributed by atoms with Gasteiger partial charge in [0.05, 0.1) is 11.6 Å². The molecular formula is C19H23FN4O4.